The molecule has 0 spiro atoms. The summed E-state index contributed by atoms with van der Waals surface area (Å²) < 4.78 is 0. The maximum absolute atomic E-state index is 6.41. The maximum atomic E-state index is 6.41. The number of halogens is 2. The van der Waals surface area contributed by atoms with Crippen molar-refractivity contribution in [3.8, 4) is 11.3 Å². The standard InChI is InChI=1S/C22H23Cl2N3S/c1-3-18(20(14-7-8-14)19-6-4-5-11-25-19)26-22-27-21(13(2)28-22)16-10-9-15(23)12-17(16)24/h4-6,9-12,14,18,20H,3,7-8H2,1-2H3,(H,26,27). The quantitative estimate of drug-likeness (QED) is 0.429. The fourth-order valence-corrected chi connectivity index (χ4v) is 5.19. The van der Waals surface area contributed by atoms with Crippen LogP contribution in [0.25, 0.3) is 11.3 Å². The molecule has 1 aromatic carbocycles. The first-order valence-corrected chi connectivity index (χ1v) is 11.2. The molecular formula is C22H23Cl2N3S. The number of thiazole rings is 1. The normalized spacial score (nSPS) is 16.0. The summed E-state index contributed by atoms with van der Waals surface area (Å²) >= 11 is 14.1. The highest BCUT2D eigenvalue weighted by atomic mass is 35.5. The second-order valence-electron chi connectivity index (χ2n) is 7.32. The van der Waals surface area contributed by atoms with Crippen LogP contribution in [0.2, 0.25) is 10.0 Å². The number of aryl methyl sites for hydroxylation is 1. The molecule has 0 aliphatic heterocycles. The van der Waals surface area contributed by atoms with Crippen LogP contribution in [0.5, 0.6) is 0 Å². The molecule has 3 nitrogen and oxygen atoms in total. The van der Waals surface area contributed by atoms with Gasteiger partial charge in [0.05, 0.1) is 10.7 Å². The smallest absolute Gasteiger partial charge is 0.183 e. The first kappa shape index (κ1) is 19.7. The van der Waals surface area contributed by atoms with E-state index in [2.05, 4.69) is 36.3 Å². The Hall–Kier alpha value is -1.62. The van der Waals surface area contributed by atoms with Gasteiger partial charge in [0.1, 0.15) is 0 Å². The summed E-state index contributed by atoms with van der Waals surface area (Å²) in [6.07, 6.45) is 5.48. The van der Waals surface area contributed by atoms with Crippen molar-refractivity contribution in [1.29, 1.82) is 0 Å². The van der Waals surface area contributed by atoms with E-state index in [0.29, 0.717) is 27.9 Å². The molecule has 2 aromatic heterocycles. The van der Waals surface area contributed by atoms with E-state index in [1.807, 2.05) is 24.4 Å². The minimum atomic E-state index is 0.307. The number of benzene rings is 1. The highest BCUT2D eigenvalue weighted by Crippen LogP contribution is 2.46. The molecule has 0 saturated heterocycles. The first-order valence-electron chi connectivity index (χ1n) is 9.67. The monoisotopic (exact) mass is 431 g/mol. The number of anilines is 1. The van der Waals surface area contributed by atoms with Gasteiger partial charge in [-0.05, 0) is 62.4 Å². The number of nitrogens with one attached hydrogen (secondary N) is 1. The van der Waals surface area contributed by atoms with Crippen molar-refractivity contribution in [1.82, 2.24) is 9.97 Å². The third-order valence-electron chi connectivity index (χ3n) is 5.32. The molecule has 3 aromatic rings. The maximum Gasteiger partial charge on any atom is 0.183 e. The molecule has 1 N–H and O–H groups in total. The zero-order valence-corrected chi connectivity index (χ0v) is 18.3. The zero-order valence-electron chi connectivity index (χ0n) is 16.0. The number of aromatic nitrogens is 2. The van der Waals surface area contributed by atoms with E-state index in [0.717, 1.165) is 27.7 Å². The van der Waals surface area contributed by atoms with E-state index < -0.39 is 0 Å². The molecule has 2 heterocycles. The molecule has 28 heavy (non-hydrogen) atoms. The molecule has 1 aliphatic carbocycles. The van der Waals surface area contributed by atoms with Crippen LogP contribution in [0.4, 0.5) is 5.13 Å². The minimum Gasteiger partial charge on any atom is -0.358 e. The topological polar surface area (TPSA) is 37.8 Å². The summed E-state index contributed by atoms with van der Waals surface area (Å²) in [6, 6.07) is 12.1. The Kier molecular flexibility index (Phi) is 5.91. The summed E-state index contributed by atoms with van der Waals surface area (Å²) in [4.78, 5) is 10.7. The van der Waals surface area contributed by atoms with Crippen LogP contribution in [-0.4, -0.2) is 16.0 Å². The van der Waals surface area contributed by atoms with E-state index in [1.54, 1.807) is 17.4 Å². The molecule has 2 unspecified atom stereocenters. The molecule has 0 bridgehead atoms. The van der Waals surface area contributed by atoms with Crippen LogP contribution >= 0.6 is 34.5 Å². The molecule has 1 fully saturated rings. The van der Waals surface area contributed by atoms with E-state index in [1.165, 1.54) is 18.5 Å². The average Bonchev–Trinajstić information content (AvgIpc) is 3.45. The highest BCUT2D eigenvalue weighted by Gasteiger charge is 2.38. The van der Waals surface area contributed by atoms with Crippen LogP contribution in [0.3, 0.4) is 0 Å². The number of hydrogen-bond donors (Lipinski definition) is 1. The summed E-state index contributed by atoms with van der Waals surface area (Å²) in [5, 5.41) is 5.91. The molecule has 0 radical (unpaired) electrons. The number of pyridine rings is 1. The summed E-state index contributed by atoms with van der Waals surface area (Å²) in [5.41, 5.74) is 3.02. The minimum absolute atomic E-state index is 0.307. The summed E-state index contributed by atoms with van der Waals surface area (Å²) in [6.45, 7) is 4.31. The average molecular weight is 432 g/mol. The van der Waals surface area contributed by atoms with E-state index in [9.17, 15) is 0 Å². The van der Waals surface area contributed by atoms with Gasteiger partial charge in [0.15, 0.2) is 5.13 Å². The van der Waals surface area contributed by atoms with Crippen molar-refractivity contribution in [2.24, 2.45) is 5.92 Å². The third-order valence-corrected chi connectivity index (χ3v) is 6.77. The predicted molar refractivity (Wildman–Crippen MR) is 120 cm³/mol. The molecule has 146 valence electrons. The number of nitrogens with zero attached hydrogens (tertiary/aromatic N) is 2. The lowest BCUT2D eigenvalue weighted by Gasteiger charge is -2.26. The van der Waals surface area contributed by atoms with Gasteiger partial charge in [-0.1, -0.05) is 36.2 Å². The van der Waals surface area contributed by atoms with Crippen molar-refractivity contribution >= 4 is 39.7 Å². The van der Waals surface area contributed by atoms with Crippen molar-refractivity contribution in [3.63, 3.8) is 0 Å². The van der Waals surface area contributed by atoms with Gasteiger partial charge >= 0.3 is 0 Å². The van der Waals surface area contributed by atoms with E-state index in [-0.39, 0.29) is 0 Å². The predicted octanol–water partition coefficient (Wildman–Crippen LogP) is 7.20. The van der Waals surface area contributed by atoms with Crippen LogP contribution in [0, 0.1) is 12.8 Å². The molecule has 6 heteroatoms. The zero-order chi connectivity index (χ0) is 19.7. The molecule has 1 aliphatic rings. The van der Waals surface area contributed by atoms with Crippen LogP contribution < -0.4 is 5.32 Å². The van der Waals surface area contributed by atoms with Gasteiger partial charge in [0.2, 0.25) is 0 Å². The third kappa shape index (κ3) is 4.19. The van der Waals surface area contributed by atoms with Crippen LogP contribution in [-0.2, 0) is 0 Å². The van der Waals surface area contributed by atoms with Crippen molar-refractivity contribution in [2.45, 2.75) is 45.1 Å². The van der Waals surface area contributed by atoms with Gasteiger partial charge in [0.25, 0.3) is 0 Å². The van der Waals surface area contributed by atoms with Crippen LogP contribution in [0.15, 0.2) is 42.6 Å². The van der Waals surface area contributed by atoms with Gasteiger partial charge in [0, 0.05) is 39.3 Å². The Labute approximate surface area is 180 Å². The number of rotatable bonds is 7. The summed E-state index contributed by atoms with van der Waals surface area (Å²) in [5.74, 6) is 1.12. The van der Waals surface area contributed by atoms with Gasteiger partial charge in [-0.3, -0.25) is 4.98 Å². The van der Waals surface area contributed by atoms with Crippen molar-refractivity contribution in [2.75, 3.05) is 5.32 Å². The Bertz CT molecular complexity index is 954. The Morgan fingerprint density at radius 3 is 2.68 bits per heavy atom. The first-order chi connectivity index (χ1) is 13.6. The molecular weight excluding hydrogens is 409 g/mol. The summed E-state index contributed by atoms with van der Waals surface area (Å²) in [7, 11) is 0. The lowest BCUT2D eigenvalue weighted by Crippen LogP contribution is -2.29. The largest absolute Gasteiger partial charge is 0.358 e. The second-order valence-corrected chi connectivity index (χ2v) is 9.37. The number of hydrogen-bond acceptors (Lipinski definition) is 4. The van der Waals surface area contributed by atoms with Crippen molar-refractivity contribution < 1.29 is 0 Å². The van der Waals surface area contributed by atoms with Gasteiger partial charge in [-0.25, -0.2) is 4.98 Å². The van der Waals surface area contributed by atoms with Gasteiger partial charge < -0.3 is 5.32 Å². The fourth-order valence-electron chi connectivity index (χ4n) is 3.80. The van der Waals surface area contributed by atoms with Gasteiger partial charge in [-0.2, -0.15) is 0 Å². The van der Waals surface area contributed by atoms with Crippen LogP contribution in [0.1, 0.15) is 42.7 Å². The molecule has 0 amide bonds. The Balaban J connectivity index is 1.61. The Morgan fingerprint density at radius 1 is 1.21 bits per heavy atom. The molecule has 1 saturated carbocycles. The lowest BCUT2D eigenvalue weighted by atomic mass is 9.89. The second kappa shape index (κ2) is 8.40. The molecule has 4 rings (SSSR count). The van der Waals surface area contributed by atoms with E-state index >= 15 is 0 Å². The highest BCUT2D eigenvalue weighted by molar-refractivity contribution is 7.16. The van der Waals surface area contributed by atoms with Crippen molar-refractivity contribution in [3.05, 3.63) is 63.2 Å². The van der Waals surface area contributed by atoms with Gasteiger partial charge in [-0.15, -0.1) is 11.3 Å². The van der Waals surface area contributed by atoms with E-state index in [4.69, 9.17) is 28.2 Å². The SMILES string of the molecule is CCC(Nc1nc(-c2ccc(Cl)cc2Cl)c(C)s1)C(c1ccccn1)C1CC1. The Morgan fingerprint density at radius 2 is 2.04 bits per heavy atom. The lowest BCUT2D eigenvalue weighted by molar-refractivity contribution is 0.487. The fraction of sp³-hybridized carbons (Fsp3) is 0.364. The molecule has 2 atom stereocenters.